The number of nitrogens with one attached hydrogen (secondary N) is 2. The second-order valence-electron chi connectivity index (χ2n) is 9.13. The molecule has 3 aliphatic rings. The summed E-state index contributed by atoms with van der Waals surface area (Å²) in [7, 11) is -0.313. The molecule has 0 aromatic heterocycles. The van der Waals surface area contributed by atoms with E-state index in [1.165, 1.54) is 17.3 Å². The summed E-state index contributed by atoms with van der Waals surface area (Å²) in [6.45, 7) is 6.62. The molecule has 1 aliphatic carbocycles. The van der Waals surface area contributed by atoms with Crippen molar-refractivity contribution in [3.8, 4) is 0 Å². The first-order chi connectivity index (χ1) is 16.4. The quantitative estimate of drug-likeness (QED) is 0.304. The predicted octanol–water partition coefficient (Wildman–Crippen LogP) is 0.346. The van der Waals surface area contributed by atoms with Crippen molar-refractivity contribution in [3.05, 3.63) is 57.8 Å². The molecular weight excluding hydrogens is 470 g/mol. The molecule has 2 atom stereocenters. The lowest BCUT2D eigenvalue weighted by Gasteiger charge is -2.35. The van der Waals surface area contributed by atoms with Crippen LogP contribution in [0.4, 0.5) is 0 Å². The number of carbonyl (C=O) groups excluding carboxylic acids is 2. The van der Waals surface area contributed by atoms with Crippen LogP contribution in [0.15, 0.2) is 57.8 Å². The van der Waals surface area contributed by atoms with E-state index >= 15 is 0 Å². The third-order valence-corrected chi connectivity index (χ3v) is 8.40. The number of carbonyl (C=O) groups is 2. The van der Waals surface area contributed by atoms with Crippen molar-refractivity contribution in [2.24, 2.45) is 11.7 Å². The lowest BCUT2D eigenvalue weighted by Crippen LogP contribution is -2.57. The van der Waals surface area contributed by atoms with Gasteiger partial charge < -0.3 is 26.0 Å². The van der Waals surface area contributed by atoms with Gasteiger partial charge in [-0.1, -0.05) is 17.7 Å². The summed E-state index contributed by atoms with van der Waals surface area (Å²) >= 11 is 0. The zero-order valence-electron chi connectivity index (χ0n) is 20.9. The molecule has 0 aromatic carbocycles. The molecule has 0 bridgehead atoms. The predicted molar refractivity (Wildman–Crippen MR) is 134 cm³/mol. The van der Waals surface area contributed by atoms with Crippen molar-refractivity contribution in [3.63, 3.8) is 0 Å². The van der Waals surface area contributed by atoms with Crippen LogP contribution in [-0.2, 0) is 24.3 Å². The normalized spacial score (nSPS) is 23.9. The van der Waals surface area contributed by atoms with E-state index in [0.717, 1.165) is 5.57 Å². The van der Waals surface area contributed by atoms with Gasteiger partial charge in [0, 0.05) is 63.2 Å². The summed E-state index contributed by atoms with van der Waals surface area (Å²) in [4.78, 5) is 27.1. The monoisotopic (exact) mass is 505 g/mol. The molecule has 1 saturated heterocycles. The lowest BCUT2D eigenvalue weighted by atomic mass is 9.85. The van der Waals surface area contributed by atoms with Gasteiger partial charge in [0.25, 0.3) is 5.91 Å². The van der Waals surface area contributed by atoms with Crippen LogP contribution in [0.3, 0.4) is 0 Å². The molecule has 35 heavy (non-hydrogen) atoms. The van der Waals surface area contributed by atoms with Crippen LogP contribution in [0.2, 0.25) is 0 Å². The molecule has 2 unspecified atom stereocenters. The number of fused-ring (bicyclic) bond motifs is 1. The fourth-order valence-corrected chi connectivity index (χ4v) is 5.56. The Kier molecular flexibility index (Phi) is 8.37. The van der Waals surface area contributed by atoms with E-state index in [0.29, 0.717) is 24.5 Å². The number of nitrogens with two attached hydrogens (primary N) is 1. The van der Waals surface area contributed by atoms with Crippen molar-refractivity contribution in [2.75, 3.05) is 40.4 Å². The zero-order valence-corrected chi connectivity index (χ0v) is 21.7. The number of hydrogen-bond donors (Lipinski definition) is 3. The van der Waals surface area contributed by atoms with Crippen molar-refractivity contribution >= 4 is 21.8 Å². The molecule has 2 heterocycles. The second-order valence-corrected chi connectivity index (χ2v) is 11.2. The molecule has 0 spiro atoms. The van der Waals surface area contributed by atoms with E-state index in [1.807, 2.05) is 31.0 Å². The molecule has 0 aromatic rings. The van der Waals surface area contributed by atoms with Gasteiger partial charge >= 0.3 is 0 Å². The van der Waals surface area contributed by atoms with E-state index in [1.54, 1.807) is 26.2 Å². The SMILES string of the molecule is COCCN(C)/C(C)=C(/C=C(\C)S(=O)(=O)N1CC(N)C1)C(=O)NC1=CC2C(C)=CC(=O)NC2C=C1. The van der Waals surface area contributed by atoms with Crippen molar-refractivity contribution in [2.45, 2.75) is 32.9 Å². The van der Waals surface area contributed by atoms with Crippen LogP contribution in [0, 0.1) is 5.92 Å². The standard InChI is InChI=1S/C24H35N5O5S/c1-15-10-23(30)27-22-7-6-19(12-20(15)22)26-24(31)21(17(3)28(4)8-9-34-5)11-16(2)35(32,33)29-13-18(25)14-29/h6-7,10-12,18,20,22H,8-9,13-14,25H2,1-5H3,(H,26,31)(H,27,30)/b16-11+,21-17-. The minimum atomic E-state index is -3.72. The molecule has 1 fully saturated rings. The topological polar surface area (TPSA) is 134 Å². The molecular formula is C24H35N5O5S. The largest absolute Gasteiger partial charge is 0.383 e. The fraction of sp³-hybridized carbons (Fsp3) is 0.500. The van der Waals surface area contributed by atoms with Crippen molar-refractivity contribution in [1.29, 1.82) is 0 Å². The highest BCUT2D eigenvalue weighted by Crippen LogP contribution is 2.27. The van der Waals surface area contributed by atoms with E-state index < -0.39 is 15.9 Å². The molecule has 11 heteroatoms. The molecule has 0 radical (unpaired) electrons. The van der Waals surface area contributed by atoms with Gasteiger partial charge in [0.05, 0.1) is 23.1 Å². The number of hydrogen-bond acceptors (Lipinski definition) is 7. The lowest BCUT2D eigenvalue weighted by molar-refractivity contribution is -0.118. The average molecular weight is 506 g/mol. The van der Waals surface area contributed by atoms with E-state index in [2.05, 4.69) is 10.6 Å². The fourth-order valence-electron chi connectivity index (χ4n) is 4.11. The molecule has 4 N–H and O–H groups in total. The van der Waals surface area contributed by atoms with Gasteiger partial charge in [-0.3, -0.25) is 9.59 Å². The van der Waals surface area contributed by atoms with Gasteiger partial charge in [-0.05, 0) is 32.9 Å². The van der Waals surface area contributed by atoms with Crippen LogP contribution in [0.1, 0.15) is 20.8 Å². The Morgan fingerprint density at radius 1 is 1.37 bits per heavy atom. The number of nitrogens with zero attached hydrogens (tertiary/aromatic N) is 2. The van der Waals surface area contributed by atoms with Crippen LogP contribution in [0.5, 0.6) is 0 Å². The van der Waals surface area contributed by atoms with E-state index in [9.17, 15) is 18.0 Å². The number of allylic oxidation sites excluding steroid dienone is 3. The minimum Gasteiger partial charge on any atom is -0.383 e. The van der Waals surface area contributed by atoms with Crippen molar-refractivity contribution < 1.29 is 22.7 Å². The van der Waals surface area contributed by atoms with Crippen LogP contribution in [0.25, 0.3) is 0 Å². The molecule has 0 saturated carbocycles. The number of sulfonamides is 1. The summed E-state index contributed by atoms with van der Waals surface area (Å²) < 4.78 is 32.3. The first-order valence-electron chi connectivity index (χ1n) is 11.5. The molecule has 10 nitrogen and oxygen atoms in total. The molecule has 2 aliphatic heterocycles. The summed E-state index contributed by atoms with van der Waals surface area (Å²) in [5.74, 6) is -0.643. The molecule has 3 rings (SSSR count). The number of ether oxygens (including phenoxy) is 1. The summed E-state index contributed by atoms with van der Waals surface area (Å²) in [5.41, 5.74) is 8.07. The summed E-state index contributed by atoms with van der Waals surface area (Å²) in [6.07, 6.45) is 8.44. The summed E-state index contributed by atoms with van der Waals surface area (Å²) in [6, 6.07) is -0.339. The number of likely N-dealkylation sites (N-methyl/N-ethyl adjacent to an activating group) is 1. The smallest absolute Gasteiger partial charge is 0.257 e. The van der Waals surface area contributed by atoms with Crippen LogP contribution >= 0.6 is 0 Å². The second kappa shape index (κ2) is 10.9. The van der Waals surface area contributed by atoms with Crippen LogP contribution in [-0.4, -0.2) is 81.9 Å². The van der Waals surface area contributed by atoms with Gasteiger partial charge in [-0.15, -0.1) is 0 Å². The van der Waals surface area contributed by atoms with Crippen LogP contribution < -0.4 is 16.4 Å². The first-order valence-corrected chi connectivity index (χ1v) is 12.9. The van der Waals surface area contributed by atoms with E-state index in [4.69, 9.17) is 10.5 Å². The van der Waals surface area contributed by atoms with Gasteiger partial charge in [-0.25, -0.2) is 8.42 Å². The minimum absolute atomic E-state index is 0.0658. The number of rotatable bonds is 9. The van der Waals surface area contributed by atoms with Gasteiger partial charge in [0.2, 0.25) is 15.9 Å². The Morgan fingerprint density at radius 3 is 2.69 bits per heavy atom. The Morgan fingerprint density at radius 2 is 2.06 bits per heavy atom. The maximum Gasteiger partial charge on any atom is 0.257 e. The molecule has 192 valence electrons. The molecule has 2 amide bonds. The Hall–Kier alpha value is -2.73. The Bertz CT molecular complexity index is 1130. The Labute approximate surface area is 207 Å². The number of amides is 2. The zero-order chi connectivity index (χ0) is 25.9. The third kappa shape index (κ3) is 6.10. The number of methoxy groups -OCH3 is 1. The van der Waals surface area contributed by atoms with Gasteiger partial charge in [0.15, 0.2) is 0 Å². The highest BCUT2D eigenvalue weighted by atomic mass is 32.2. The maximum atomic E-state index is 13.4. The average Bonchev–Trinajstić information content (AvgIpc) is 2.78. The van der Waals surface area contributed by atoms with Crippen molar-refractivity contribution in [1.82, 2.24) is 19.8 Å². The maximum absolute atomic E-state index is 13.4. The third-order valence-electron chi connectivity index (χ3n) is 6.49. The highest BCUT2D eigenvalue weighted by molar-refractivity contribution is 7.93. The highest BCUT2D eigenvalue weighted by Gasteiger charge is 2.35. The van der Waals surface area contributed by atoms with Gasteiger partial charge in [0.1, 0.15) is 0 Å². The first kappa shape index (κ1) is 26.9. The Balaban J connectivity index is 1.90. The van der Waals surface area contributed by atoms with E-state index in [-0.39, 0.29) is 47.5 Å². The van der Waals surface area contributed by atoms with Gasteiger partial charge in [-0.2, -0.15) is 4.31 Å². The summed E-state index contributed by atoms with van der Waals surface area (Å²) in [5, 5.41) is 5.79.